The van der Waals surface area contributed by atoms with Gasteiger partial charge in [-0.2, -0.15) is 5.10 Å². The van der Waals surface area contributed by atoms with Crippen molar-refractivity contribution in [2.24, 2.45) is 12.8 Å². The summed E-state index contributed by atoms with van der Waals surface area (Å²) in [6, 6.07) is 5.05. The van der Waals surface area contributed by atoms with Crippen molar-refractivity contribution in [2.75, 3.05) is 0 Å². The standard InChI is InChI=1S/C15H20FN3/c1-15(2,3)14-12(9-19(4)18-14)10-5-6-13(16)11(7-10)8-17/h5-7,9H,8,17H2,1-4H3. The first-order valence-electron chi connectivity index (χ1n) is 6.36. The second-order valence-corrected chi connectivity index (χ2v) is 5.83. The molecule has 1 aromatic heterocycles. The third kappa shape index (κ3) is 2.68. The van der Waals surface area contributed by atoms with E-state index in [9.17, 15) is 4.39 Å². The second kappa shape index (κ2) is 4.78. The number of nitrogens with two attached hydrogens (primary N) is 1. The van der Waals surface area contributed by atoms with E-state index < -0.39 is 0 Å². The Bertz CT molecular complexity index is 594. The van der Waals surface area contributed by atoms with Crippen LogP contribution in [-0.4, -0.2) is 9.78 Å². The fourth-order valence-corrected chi connectivity index (χ4v) is 2.15. The molecule has 0 unspecified atom stereocenters. The zero-order valence-corrected chi connectivity index (χ0v) is 11.9. The molecule has 19 heavy (non-hydrogen) atoms. The van der Waals surface area contributed by atoms with Crippen LogP contribution in [0.4, 0.5) is 4.39 Å². The molecule has 2 aromatic rings. The smallest absolute Gasteiger partial charge is 0.127 e. The molecular formula is C15H20FN3. The first-order chi connectivity index (χ1) is 8.82. The maximum atomic E-state index is 13.5. The number of aromatic nitrogens is 2. The molecule has 0 bridgehead atoms. The predicted octanol–water partition coefficient (Wildman–Crippen LogP) is 2.98. The quantitative estimate of drug-likeness (QED) is 0.903. The molecule has 1 aromatic carbocycles. The van der Waals surface area contributed by atoms with Gasteiger partial charge in [-0.3, -0.25) is 4.68 Å². The summed E-state index contributed by atoms with van der Waals surface area (Å²) in [6.07, 6.45) is 1.97. The van der Waals surface area contributed by atoms with E-state index in [4.69, 9.17) is 5.73 Å². The van der Waals surface area contributed by atoms with Gasteiger partial charge in [-0.05, 0) is 17.7 Å². The van der Waals surface area contributed by atoms with Crippen molar-refractivity contribution in [3.05, 3.63) is 41.5 Å². The Labute approximate surface area is 113 Å². The number of rotatable bonds is 2. The molecule has 0 saturated carbocycles. The summed E-state index contributed by atoms with van der Waals surface area (Å²) in [4.78, 5) is 0. The summed E-state index contributed by atoms with van der Waals surface area (Å²) < 4.78 is 15.3. The Kier molecular flexibility index (Phi) is 3.45. The minimum atomic E-state index is -0.257. The zero-order valence-electron chi connectivity index (χ0n) is 11.9. The Morgan fingerprint density at radius 3 is 2.58 bits per heavy atom. The van der Waals surface area contributed by atoms with Crippen molar-refractivity contribution in [2.45, 2.75) is 32.7 Å². The average molecular weight is 261 g/mol. The number of halogens is 1. The highest BCUT2D eigenvalue weighted by atomic mass is 19.1. The van der Waals surface area contributed by atoms with Gasteiger partial charge in [0.05, 0.1) is 5.69 Å². The lowest BCUT2D eigenvalue weighted by Crippen LogP contribution is -2.13. The van der Waals surface area contributed by atoms with Gasteiger partial charge in [-0.15, -0.1) is 0 Å². The number of nitrogens with zero attached hydrogens (tertiary/aromatic N) is 2. The molecule has 0 aliphatic carbocycles. The van der Waals surface area contributed by atoms with Crippen LogP contribution in [-0.2, 0) is 19.0 Å². The number of benzene rings is 1. The van der Waals surface area contributed by atoms with E-state index in [1.54, 1.807) is 10.7 Å². The van der Waals surface area contributed by atoms with Gasteiger partial charge < -0.3 is 5.73 Å². The summed E-state index contributed by atoms with van der Waals surface area (Å²) in [5.41, 5.74) is 9.03. The van der Waals surface area contributed by atoms with Crippen LogP contribution in [0.2, 0.25) is 0 Å². The first kappa shape index (κ1) is 13.7. The summed E-state index contributed by atoms with van der Waals surface area (Å²) >= 11 is 0. The van der Waals surface area contributed by atoms with E-state index in [2.05, 4.69) is 25.9 Å². The molecular weight excluding hydrogens is 241 g/mol. The monoisotopic (exact) mass is 261 g/mol. The Morgan fingerprint density at radius 1 is 1.32 bits per heavy atom. The van der Waals surface area contributed by atoms with E-state index in [1.165, 1.54) is 6.07 Å². The molecule has 102 valence electrons. The highest BCUT2D eigenvalue weighted by molar-refractivity contribution is 5.67. The molecule has 0 fully saturated rings. The Balaban J connectivity index is 2.59. The van der Waals surface area contributed by atoms with Crippen LogP contribution in [0.25, 0.3) is 11.1 Å². The van der Waals surface area contributed by atoms with Crippen LogP contribution < -0.4 is 5.73 Å². The average Bonchev–Trinajstić information content (AvgIpc) is 2.72. The van der Waals surface area contributed by atoms with E-state index in [0.29, 0.717) is 5.56 Å². The van der Waals surface area contributed by atoms with E-state index >= 15 is 0 Å². The molecule has 0 atom stereocenters. The van der Waals surface area contributed by atoms with E-state index in [0.717, 1.165) is 16.8 Å². The van der Waals surface area contributed by atoms with Gasteiger partial charge in [0.2, 0.25) is 0 Å². The number of aryl methyl sites for hydroxylation is 1. The highest BCUT2D eigenvalue weighted by Gasteiger charge is 2.23. The summed E-state index contributed by atoms with van der Waals surface area (Å²) in [7, 11) is 1.89. The normalized spacial score (nSPS) is 11.9. The third-order valence-electron chi connectivity index (χ3n) is 3.12. The van der Waals surface area contributed by atoms with Crippen LogP contribution in [0.15, 0.2) is 24.4 Å². The van der Waals surface area contributed by atoms with Gasteiger partial charge in [0.1, 0.15) is 5.82 Å². The Hall–Kier alpha value is -1.68. The number of hydrogen-bond donors (Lipinski definition) is 1. The largest absolute Gasteiger partial charge is 0.326 e. The second-order valence-electron chi connectivity index (χ2n) is 5.83. The van der Waals surface area contributed by atoms with Gasteiger partial charge in [0.15, 0.2) is 0 Å². The minimum Gasteiger partial charge on any atom is -0.326 e. The molecule has 4 heteroatoms. The van der Waals surface area contributed by atoms with Gasteiger partial charge in [0, 0.05) is 36.3 Å². The summed E-state index contributed by atoms with van der Waals surface area (Å²) in [5.74, 6) is -0.257. The van der Waals surface area contributed by atoms with Crippen molar-refractivity contribution in [1.29, 1.82) is 0 Å². The molecule has 3 nitrogen and oxygen atoms in total. The topological polar surface area (TPSA) is 43.8 Å². The van der Waals surface area contributed by atoms with Crippen molar-refractivity contribution in [3.8, 4) is 11.1 Å². The Morgan fingerprint density at radius 2 is 2.00 bits per heavy atom. The van der Waals surface area contributed by atoms with Crippen molar-refractivity contribution in [1.82, 2.24) is 9.78 Å². The van der Waals surface area contributed by atoms with E-state index in [-0.39, 0.29) is 17.8 Å². The van der Waals surface area contributed by atoms with Crippen molar-refractivity contribution in [3.63, 3.8) is 0 Å². The summed E-state index contributed by atoms with van der Waals surface area (Å²) in [6.45, 7) is 6.55. The zero-order chi connectivity index (χ0) is 14.2. The maximum Gasteiger partial charge on any atom is 0.127 e. The van der Waals surface area contributed by atoms with Gasteiger partial charge in [-0.1, -0.05) is 26.8 Å². The van der Waals surface area contributed by atoms with Gasteiger partial charge in [0.25, 0.3) is 0 Å². The van der Waals surface area contributed by atoms with E-state index in [1.807, 2.05) is 19.3 Å². The molecule has 0 saturated heterocycles. The minimum absolute atomic E-state index is 0.0616. The van der Waals surface area contributed by atoms with Gasteiger partial charge in [-0.25, -0.2) is 4.39 Å². The maximum absolute atomic E-state index is 13.5. The SMILES string of the molecule is Cn1cc(-c2ccc(F)c(CN)c2)c(C(C)(C)C)n1. The molecule has 0 amide bonds. The fraction of sp³-hybridized carbons (Fsp3) is 0.400. The van der Waals surface area contributed by atoms with Crippen LogP contribution >= 0.6 is 0 Å². The van der Waals surface area contributed by atoms with Crippen molar-refractivity contribution < 1.29 is 4.39 Å². The van der Waals surface area contributed by atoms with Crippen molar-refractivity contribution >= 4 is 0 Å². The van der Waals surface area contributed by atoms with Crippen LogP contribution in [0.1, 0.15) is 32.0 Å². The van der Waals surface area contributed by atoms with Crippen LogP contribution in [0, 0.1) is 5.82 Å². The molecule has 0 aliphatic heterocycles. The lowest BCUT2D eigenvalue weighted by molar-refractivity contribution is 0.554. The molecule has 2 N–H and O–H groups in total. The lowest BCUT2D eigenvalue weighted by atomic mass is 9.87. The molecule has 0 aliphatic rings. The predicted molar refractivity (Wildman–Crippen MR) is 75.2 cm³/mol. The third-order valence-corrected chi connectivity index (χ3v) is 3.12. The molecule has 2 rings (SSSR count). The fourth-order valence-electron chi connectivity index (χ4n) is 2.15. The van der Waals surface area contributed by atoms with Gasteiger partial charge >= 0.3 is 0 Å². The summed E-state index contributed by atoms with van der Waals surface area (Å²) in [5, 5.41) is 4.53. The highest BCUT2D eigenvalue weighted by Crippen LogP contribution is 2.32. The van der Waals surface area contributed by atoms with Crippen LogP contribution in [0.3, 0.4) is 0 Å². The number of hydrogen-bond acceptors (Lipinski definition) is 2. The first-order valence-corrected chi connectivity index (χ1v) is 6.36. The lowest BCUT2D eigenvalue weighted by Gasteiger charge is -2.17. The van der Waals surface area contributed by atoms with Crippen LogP contribution in [0.5, 0.6) is 0 Å². The molecule has 0 spiro atoms. The molecule has 1 heterocycles. The molecule has 0 radical (unpaired) electrons.